The Kier molecular flexibility index (Phi) is 5.04. The molecule has 0 aliphatic rings. The first kappa shape index (κ1) is 11.9. The molecule has 0 fully saturated rings. The smallest absolute Gasteiger partial charge is 0.137 e. The molecule has 0 aliphatic heterocycles. The molecule has 3 nitrogen and oxygen atoms in total. The summed E-state index contributed by atoms with van der Waals surface area (Å²) in [4.78, 5) is 4.20. The molecule has 4 heteroatoms. The number of hydrogen-bond donors (Lipinski definition) is 1. The SMILES string of the molecule is CC(N)Cc1ccc(OCCCF)cn1. The van der Waals surface area contributed by atoms with Gasteiger partial charge < -0.3 is 10.5 Å². The summed E-state index contributed by atoms with van der Waals surface area (Å²) in [5, 5.41) is 0. The van der Waals surface area contributed by atoms with Gasteiger partial charge in [0.05, 0.1) is 19.5 Å². The van der Waals surface area contributed by atoms with Gasteiger partial charge in [0.25, 0.3) is 0 Å². The second-order valence-electron chi connectivity index (χ2n) is 3.56. The van der Waals surface area contributed by atoms with Crippen LogP contribution in [0.15, 0.2) is 18.3 Å². The van der Waals surface area contributed by atoms with E-state index in [0.717, 1.165) is 12.1 Å². The molecule has 0 saturated heterocycles. The summed E-state index contributed by atoms with van der Waals surface area (Å²) in [5.41, 5.74) is 6.59. The predicted molar refractivity (Wildman–Crippen MR) is 57.7 cm³/mol. The molecule has 1 aromatic heterocycles. The van der Waals surface area contributed by atoms with Gasteiger partial charge in [-0.3, -0.25) is 9.37 Å². The second kappa shape index (κ2) is 6.35. The number of nitrogens with two attached hydrogens (primary N) is 1. The third-order valence-corrected chi connectivity index (χ3v) is 1.88. The van der Waals surface area contributed by atoms with E-state index in [0.29, 0.717) is 18.8 Å². The van der Waals surface area contributed by atoms with Gasteiger partial charge in [-0.25, -0.2) is 0 Å². The summed E-state index contributed by atoms with van der Waals surface area (Å²) < 4.78 is 17.1. The highest BCUT2D eigenvalue weighted by Crippen LogP contribution is 2.10. The Morgan fingerprint density at radius 2 is 2.33 bits per heavy atom. The van der Waals surface area contributed by atoms with Crippen molar-refractivity contribution in [2.24, 2.45) is 5.73 Å². The fraction of sp³-hybridized carbons (Fsp3) is 0.545. The topological polar surface area (TPSA) is 48.1 Å². The van der Waals surface area contributed by atoms with Gasteiger partial charge in [-0.05, 0) is 19.1 Å². The van der Waals surface area contributed by atoms with Crippen molar-refractivity contribution in [1.29, 1.82) is 0 Å². The van der Waals surface area contributed by atoms with Gasteiger partial charge in [0, 0.05) is 24.6 Å². The fourth-order valence-corrected chi connectivity index (χ4v) is 1.19. The minimum atomic E-state index is -0.351. The van der Waals surface area contributed by atoms with E-state index in [4.69, 9.17) is 10.5 Å². The van der Waals surface area contributed by atoms with Crippen LogP contribution in [0.25, 0.3) is 0 Å². The van der Waals surface area contributed by atoms with Crippen LogP contribution in [0.1, 0.15) is 19.0 Å². The third-order valence-electron chi connectivity index (χ3n) is 1.88. The number of rotatable bonds is 6. The van der Waals surface area contributed by atoms with Crippen LogP contribution in [0.5, 0.6) is 5.75 Å². The lowest BCUT2D eigenvalue weighted by Gasteiger charge is -2.06. The van der Waals surface area contributed by atoms with Gasteiger partial charge in [-0.2, -0.15) is 0 Å². The van der Waals surface area contributed by atoms with Crippen LogP contribution in [-0.4, -0.2) is 24.3 Å². The zero-order valence-corrected chi connectivity index (χ0v) is 8.95. The van der Waals surface area contributed by atoms with Crippen molar-refractivity contribution < 1.29 is 9.13 Å². The maximum atomic E-state index is 11.8. The van der Waals surface area contributed by atoms with Gasteiger partial charge in [0.1, 0.15) is 5.75 Å². The molecule has 2 N–H and O–H groups in total. The highest BCUT2D eigenvalue weighted by Gasteiger charge is 2.00. The highest BCUT2D eigenvalue weighted by atomic mass is 19.1. The molecule has 1 rings (SSSR count). The maximum absolute atomic E-state index is 11.8. The van der Waals surface area contributed by atoms with Gasteiger partial charge in [-0.1, -0.05) is 0 Å². The number of aromatic nitrogens is 1. The van der Waals surface area contributed by atoms with Crippen molar-refractivity contribution in [3.63, 3.8) is 0 Å². The molecule has 15 heavy (non-hydrogen) atoms. The summed E-state index contributed by atoms with van der Waals surface area (Å²) in [7, 11) is 0. The molecule has 0 saturated carbocycles. The second-order valence-corrected chi connectivity index (χ2v) is 3.56. The van der Waals surface area contributed by atoms with Crippen molar-refractivity contribution in [3.8, 4) is 5.75 Å². The van der Waals surface area contributed by atoms with Crippen LogP contribution in [0, 0.1) is 0 Å². The normalized spacial score (nSPS) is 12.5. The standard InChI is InChI=1S/C11H17FN2O/c1-9(13)7-10-3-4-11(8-14-10)15-6-2-5-12/h3-4,8-9H,2,5-7,13H2,1H3. The highest BCUT2D eigenvalue weighted by molar-refractivity contribution is 5.20. The number of alkyl halides is 1. The van der Waals surface area contributed by atoms with E-state index in [1.165, 1.54) is 0 Å². The molecule has 0 spiro atoms. The van der Waals surface area contributed by atoms with Gasteiger partial charge in [-0.15, -0.1) is 0 Å². The van der Waals surface area contributed by atoms with Gasteiger partial charge >= 0.3 is 0 Å². The number of halogens is 1. The van der Waals surface area contributed by atoms with E-state index in [1.54, 1.807) is 6.20 Å². The Balaban J connectivity index is 2.42. The molecule has 1 heterocycles. The lowest BCUT2D eigenvalue weighted by Crippen LogP contribution is -2.18. The largest absolute Gasteiger partial charge is 0.492 e. The summed E-state index contributed by atoms with van der Waals surface area (Å²) in [6.45, 7) is 1.98. The predicted octanol–water partition coefficient (Wildman–Crippen LogP) is 1.71. The van der Waals surface area contributed by atoms with E-state index < -0.39 is 0 Å². The summed E-state index contributed by atoms with van der Waals surface area (Å²) in [6.07, 6.45) is 2.82. The van der Waals surface area contributed by atoms with Crippen molar-refractivity contribution >= 4 is 0 Å². The monoisotopic (exact) mass is 212 g/mol. The van der Waals surface area contributed by atoms with E-state index in [9.17, 15) is 4.39 Å². The molecule has 0 aromatic carbocycles. The molecule has 0 radical (unpaired) electrons. The zero-order valence-electron chi connectivity index (χ0n) is 8.95. The summed E-state index contributed by atoms with van der Waals surface area (Å²) in [5.74, 6) is 0.678. The quantitative estimate of drug-likeness (QED) is 0.730. The Bertz CT molecular complexity index is 274. The molecule has 1 aromatic rings. The molecule has 1 unspecified atom stereocenters. The minimum Gasteiger partial charge on any atom is -0.492 e. The first-order chi connectivity index (χ1) is 7.22. The Morgan fingerprint density at radius 3 is 2.87 bits per heavy atom. The number of pyridine rings is 1. The number of ether oxygens (including phenoxy) is 1. The molecule has 0 bridgehead atoms. The minimum absolute atomic E-state index is 0.107. The Hall–Kier alpha value is -1.16. The van der Waals surface area contributed by atoms with E-state index in [1.807, 2.05) is 19.1 Å². The Morgan fingerprint density at radius 1 is 1.53 bits per heavy atom. The van der Waals surface area contributed by atoms with Crippen molar-refractivity contribution in [3.05, 3.63) is 24.0 Å². The molecule has 0 aliphatic carbocycles. The zero-order chi connectivity index (χ0) is 11.1. The summed E-state index contributed by atoms with van der Waals surface area (Å²) >= 11 is 0. The molecular formula is C11H17FN2O. The van der Waals surface area contributed by atoms with Crippen LogP contribution >= 0.6 is 0 Å². The van der Waals surface area contributed by atoms with Gasteiger partial charge in [0.2, 0.25) is 0 Å². The Labute approximate surface area is 89.5 Å². The van der Waals surface area contributed by atoms with Crippen LogP contribution in [0.4, 0.5) is 4.39 Å². The van der Waals surface area contributed by atoms with E-state index in [-0.39, 0.29) is 12.7 Å². The first-order valence-electron chi connectivity index (χ1n) is 5.11. The van der Waals surface area contributed by atoms with Gasteiger partial charge in [0.15, 0.2) is 0 Å². The van der Waals surface area contributed by atoms with Crippen molar-refractivity contribution in [2.75, 3.05) is 13.3 Å². The van der Waals surface area contributed by atoms with Crippen LogP contribution in [-0.2, 0) is 6.42 Å². The lowest BCUT2D eigenvalue weighted by molar-refractivity contribution is 0.288. The molecule has 0 amide bonds. The van der Waals surface area contributed by atoms with E-state index >= 15 is 0 Å². The third kappa shape index (κ3) is 4.74. The average Bonchev–Trinajstić information content (AvgIpc) is 2.20. The fourth-order valence-electron chi connectivity index (χ4n) is 1.19. The first-order valence-corrected chi connectivity index (χ1v) is 5.11. The molecular weight excluding hydrogens is 195 g/mol. The lowest BCUT2D eigenvalue weighted by atomic mass is 10.2. The number of nitrogens with zero attached hydrogens (tertiary/aromatic N) is 1. The maximum Gasteiger partial charge on any atom is 0.137 e. The number of hydrogen-bond acceptors (Lipinski definition) is 3. The van der Waals surface area contributed by atoms with Crippen LogP contribution in [0.2, 0.25) is 0 Å². The van der Waals surface area contributed by atoms with Crippen LogP contribution < -0.4 is 10.5 Å². The average molecular weight is 212 g/mol. The van der Waals surface area contributed by atoms with E-state index in [2.05, 4.69) is 4.98 Å². The molecule has 84 valence electrons. The van der Waals surface area contributed by atoms with Crippen LogP contribution in [0.3, 0.4) is 0 Å². The summed E-state index contributed by atoms with van der Waals surface area (Å²) in [6, 6.07) is 3.83. The van der Waals surface area contributed by atoms with Crippen molar-refractivity contribution in [2.45, 2.75) is 25.8 Å². The molecule has 1 atom stereocenters. The van der Waals surface area contributed by atoms with Crippen molar-refractivity contribution in [1.82, 2.24) is 4.98 Å².